The fourth-order valence-corrected chi connectivity index (χ4v) is 2.89. The van der Waals surface area contributed by atoms with Crippen LogP contribution in [0.2, 0.25) is 0 Å². The minimum absolute atomic E-state index is 0.00286. The maximum absolute atomic E-state index is 11.8. The monoisotopic (exact) mass is 271 g/mol. The largest absolute Gasteiger partial charge is 0.394 e. The van der Waals surface area contributed by atoms with Gasteiger partial charge in [0.05, 0.1) is 22.8 Å². The number of benzene rings is 1. The van der Waals surface area contributed by atoms with E-state index in [-0.39, 0.29) is 12.4 Å². The van der Waals surface area contributed by atoms with Crippen molar-refractivity contribution in [1.82, 2.24) is 0 Å². The number of anilines is 1. The van der Waals surface area contributed by atoms with Crippen LogP contribution in [-0.2, 0) is 9.84 Å². The van der Waals surface area contributed by atoms with Crippen molar-refractivity contribution in [2.45, 2.75) is 37.6 Å². The first-order valence-corrected chi connectivity index (χ1v) is 7.68. The third kappa shape index (κ3) is 3.99. The molecule has 0 aliphatic carbocycles. The first kappa shape index (κ1) is 15.0. The van der Waals surface area contributed by atoms with Gasteiger partial charge in [0, 0.05) is 5.69 Å². The lowest BCUT2D eigenvalue weighted by Gasteiger charge is -2.25. The van der Waals surface area contributed by atoms with Crippen LogP contribution >= 0.6 is 0 Å². The van der Waals surface area contributed by atoms with Crippen molar-refractivity contribution in [3.8, 4) is 0 Å². The zero-order chi connectivity index (χ0) is 13.8. The van der Waals surface area contributed by atoms with Crippen molar-refractivity contribution in [2.75, 3.05) is 17.7 Å². The molecule has 1 aromatic carbocycles. The predicted octanol–water partition coefficient (Wildman–Crippen LogP) is 2.05. The molecule has 0 bridgehead atoms. The Morgan fingerprint density at radius 1 is 1.22 bits per heavy atom. The van der Waals surface area contributed by atoms with E-state index >= 15 is 0 Å². The smallest absolute Gasteiger partial charge is 0.178 e. The highest BCUT2D eigenvalue weighted by atomic mass is 32.2. The molecule has 0 spiro atoms. The second kappa shape index (κ2) is 5.71. The van der Waals surface area contributed by atoms with Crippen molar-refractivity contribution < 1.29 is 13.5 Å². The number of hydrogen-bond acceptors (Lipinski definition) is 4. The number of aliphatic hydroxyl groups is 1. The summed E-state index contributed by atoms with van der Waals surface area (Å²) in [5.41, 5.74) is 0.369. The lowest BCUT2D eigenvalue weighted by molar-refractivity contribution is 0.234. The lowest BCUT2D eigenvalue weighted by Crippen LogP contribution is -2.34. The molecule has 0 amide bonds. The van der Waals surface area contributed by atoms with Gasteiger partial charge in [0.15, 0.2) is 9.84 Å². The maximum atomic E-state index is 11.8. The van der Waals surface area contributed by atoms with Crippen LogP contribution in [0.3, 0.4) is 0 Å². The van der Waals surface area contributed by atoms with E-state index in [0.717, 1.165) is 5.69 Å². The normalized spacial score (nSPS) is 12.4. The minimum Gasteiger partial charge on any atom is -0.394 e. The molecule has 0 saturated carbocycles. The molecule has 0 aromatic heterocycles. The Morgan fingerprint density at radius 3 is 2.22 bits per heavy atom. The molecule has 0 aliphatic heterocycles. The van der Waals surface area contributed by atoms with Crippen molar-refractivity contribution in [2.24, 2.45) is 0 Å². The molecule has 1 aromatic rings. The van der Waals surface area contributed by atoms with E-state index in [0.29, 0.717) is 11.3 Å². The molecule has 0 unspecified atom stereocenters. The van der Waals surface area contributed by atoms with Gasteiger partial charge >= 0.3 is 0 Å². The molecule has 0 atom stereocenters. The molecule has 0 heterocycles. The highest BCUT2D eigenvalue weighted by Crippen LogP contribution is 2.19. The molecule has 102 valence electrons. The highest BCUT2D eigenvalue weighted by molar-refractivity contribution is 7.91. The summed E-state index contributed by atoms with van der Waals surface area (Å²) in [5.74, 6) is 0.169. The Bertz CT molecular complexity index is 477. The minimum atomic E-state index is -3.15. The molecule has 1 rings (SSSR count). The van der Waals surface area contributed by atoms with Crippen LogP contribution in [0.5, 0.6) is 0 Å². The summed E-state index contributed by atoms with van der Waals surface area (Å²) in [6.45, 7) is 5.59. The SMILES string of the molecule is CCCS(=O)(=O)c1ccc(NC(C)(C)CO)cc1. The van der Waals surface area contributed by atoms with Gasteiger partial charge in [0.25, 0.3) is 0 Å². The summed E-state index contributed by atoms with van der Waals surface area (Å²) >= 11 is 0. The second-order valence-corrected chi connectivity index (χ2v) is 7.12. The Balaban J connectivity index is 2.87. The average molecular weight is 271 g/mol. The quantitative estimate of drug-likeness (QED) is 0.831. The summed E-state index contributed by atoms with van der Waals surface area (Å²) in [4.78, 5) is 0.344. The Labute approximate surface area is 109 Å². The van der Waals surface area contributed by atoms with Gasteiger partial charge in [-0.15, -0.1) is 0 Å². The van der Waals surface area contributed by atoms with Crippen LogP contribution in [-0.4, -0.2) is 31.4 Å². The van der Waals surface area contributed by atoms with E-state index in [9.17, 15) is 8.42 Å². The number of nitrogens with one attached hydrogen (secondary N) is 1. The second-order valence-electron chi connectivity index (χ2n) is 5.01. The third-order valence-corrected chi connectivity index (χ3v) is 4.50. The molecule has 4 nitrogen and oxygen atoms in total. The summed E-state index contributed by atoms with van der Waals surface area (Å²) in [6, 6.07) is 6.64. The summed E-state index contributed by atoms with van der Waals surface area (Å²) in [5, 5.41) is 12.3. The van der Waals surface area contributed by atoms with E-state index in [1.54, 1.807) is 24.3 Å². The molecule has 18 heavy (non-hydrogen) atoms. The first-order chi connectivity index (χ1) is 8.30. The third-order valence-electron chi connectivity index (χ3n) is 2.56. The fourth-order valence-electron chi connectivity index (χ4n) is 1.56. The molecule has 5 heteroatoms. The topological polar surface area (TPSA) is 66.4 Å². The van der Waals surface area contributed by atoms with Gasteiger partial charge in [-0.3, -0.25) is 0 Å². The van der Waals surface area contributed by atoms with E-state index in [2.05, 4.69) is 5.32 Å². The van der Waals surface area contributed by atoms with E-state index in [1.807, 2.05) is 20.8 Å². The van der Waals surface area contributed by atoms with Crippen molar-refractivity contribution >= 4 is 15.5 Å². The van der Waals surface area contributed by atoms with Crippen LogP contribution in [0.4, 0.5) is 5.69 Å². The zero-order valence-electron chi connectivity index (χ0n) is 11.1. The molecule has 0 aliphatic rings. The van der Waals surface area contributed by atoms with Crippen molar-refractivity contribution in [1.29, 1.82) is 0 Å². The predicted molar refractivity (Wildman–Crippen MR) is 73.6 cm³/mol. The van der Waals surface area contributed by atoms with E-state index in [1.165, 1.54) is 0 Å². The summed E-state index contributed by atoms with van der Waals surface area (Å²) < 4.78 is 23.6. The summed E-state index contributed by atoms with van der Waals surface area (Å²) in [7, 11) is -3.15. The van der Waals surface area contributed by atoms with Gasteiger partial charge in [-0.25, -0.2) is 8.42 Å². The van der Waals surface area contributed by atoms with Crippen LogP contribution in [0.15, 0.2) is 29.2 Å². The van der Waals surface area contributed by atoms with Crippen LogP contribution in [0.25, 0.3) is 0 Å². The Hall–Kier alpha value is -1.07. The van der Waals surface area contributed by atoms with Crippen molar-refractivity contribution in [3.05, 3.63) is 24.3 Å². The van der Waals surface area contributed by atoms with Crippen LogP contribution in [0, 0.1) is 0 Å². The molecular formula is C13H21NO3S. The molecular weight excluding hydrogens is 250 g/mol. The summed E-state index contributed by atoms with van der Waals surface area (Å²) in [6.07, 6.45) is 0.611. The maximum Gasteiger partial charge on any atom is 0.178 e. The van der Waals surface area contributed by atoms with Gasteiger partial charge in [-0.1, -0.05) is 6.92 Å². The fraction of sp³-hybridized carbons (Fsp3) is 0.538. The molecule has 0 radical (unpaired) electrons. The molecule has 0 saturated heterocycles. The zero-order valence-corrected chi connectivity index (χ0v) is 11.9. The van der Waals surface area contributed by atoms with Gasteiger partial charge in [-0.2, -0.15) is 0 Å². The number of aliphatic hydroxyl groups excluding tert-OH is 1. The Kier molecular flexibility index (Phi) is 4.76. The van der Waals surface area contributed by atoms with Gasteiger partial charge in [0.2, 0.25) is 0 Å². The molecule has 2 N–H and O–H groups in total. The lowest BCUT2D eigenvalue weighted by atomic mass is 10.1. The van der Waals surface area contributed by atoms with Crippen LogP contribution < -0.4 is 5.32 Å². The van der Waals surface area contributed by atoms with E-state index < -0.39 is 15.4 Å². The standard InChI is InChI=1S/C13H21NO3S/c1-4-9-18(16,17)12-7-5-11(6-8-12)14-13(2,3)10-15/h5-8,14-15H,4,9-10H2,1-3H3. The van der Waals surface area contributed by atoms with Gasteiger partial charge < -0.3 is 10.4 Å². The first-order valence-electron chi connectivity index (χ1n) is 6.02. The van der Waals surface area contributed by atoms with Gasteiger partial charge in [-0.05, 0) is 44.5 Å². The number of rotatable bonds is 6. The van der Waals surface area contributed by atoms with E-state index in [4.69, 9.17) is 5.11 Å². The number of sulfone groups is 1. The Morgan fingerprint density at radius 2 is 1.78 bits per heavy atom. The van der Waals surface area contributed by atoms with Crippen LogP contribution in [0.1, 0.15) is 27.2 Å². The highest BCUT2D eigenvalue weighted by Gasteiger charge is 2.17. The number of hydrogen-bond donors (Lipinski definition) is 2. The van der Waals surface area contributed by atoms with Crippen molar-refractivity contribution in [3.63, 3.8) is 0 Å². The van der Waals surface area contributed by atoms with Gasteiger partial charge in [0.1, 0.15) is 0 Å². The molecule has 0 fully saturated rings. The average Bonchev–Trinajstić information content (AvgIpc) is 2.29.